The summed E-state index contributed by atoms with van der Waals surface area (Å²) in [6.45, 7) is 0.369. The Hall–Kier alpha value is -2.34. The summed E-state index contributed by atoms with van der Waals surface area (Å²) in [4.78, 5) is 25.8. The van der Waals surface area contributed by atoms with Crippen LogP contribution < -0.4 is 5.73 Å². The first kappa shape index (κ1) is 17.0. The molecule has 0 spiro atoms. The predicted molar refractivity (Wildman–Crippen MR) is 88.6 cm³/mol. The highest BCUT2D eigenvalue weighted by Gasteiger charge is 2.16. The molecule has 0 aliphatic carbocycles. The molecule has 4 nitrogen and oxygen atoms in total. The molecule has 2 N–H and O–H groups in total. The molecule has 0 fully saturated rings. The van der Waals surface area contributed by atoms with Gasteiger partial charge in [-0.2, -0.15) is 0 Å². The van der Waals surface area contributed by atoms with Gasteiger partial charge >= 0.3 is 0 Å². The molecule has 23 heavy (non-hydrogen) atoms. The lowest BCUT2D eigenvalue weighted by molar-refractivity contribution is -0.115. The third-order valence-electron chi connectivity index (χ3n) is 3.17. The predicted octanol–water partition coefficient (Wildman–Crippen LogP) is 2.68. The van der Waals surface area contributed by atoms with Gasteiger partial charge in [0.25, 0.3) is 5.91 Å². The number of carbonyl (C=O) groups excluding carboxylic acids is 2. The molecule has 2 rings (SSSR count). The molecular weight excluding hydrogens is 315 g/mol. The molecule has 0 saturated heterocycles. The lowest BCUT2D eigenvalue weighted by Crippen LogP contribution is -2.26. The number of thioether (sulfide) groups is 1. The fourth-order valence-electron chi connectivity index (χ4n) is 2.06. The van der Waals surface area contributed by atoms with Gasteiger partial charge in [-0.3, -0.25) is 9.59 Å². The van der Waals surface area contributed by atoms with Crippen molar-refractivity contribution in [2.75, 3.05) is 12.8 Å². The molecular formula is C17H17FN2O2S. The number of primary amides is 1. The molecule has 0 radical (unpaired) electrons. The van der Waals surface area contributed by atoms with Crippen LogP contribution in [-0.4, -0.2) is 29.5 Å². The van der Waals surface area contributed by atoms with Crippen molar-refractivity contribution in [1.82, 2.24) is 4.90 Å². The lowest BCUT2D eigenvalue weighted by atomic mass is 10.1. The number of carbonyl (C=O) groups is 2. The Kier molecular flexibility index (Phi) is 5.76. The molecule has 6 heteroatoms. The topological polar surface area (TPSA) is 63.4 Å². The van der Waals surface area contributed by atoms with Crippen molar-refractivity contribution in [3.05, 3.63) is 65.5 Å². The van der Waals surface area contributed by atoms with Crippen LogP contribution in [0.15, 0.2) is 53.4 Å². The molecule has 0 atom stereocenters. The van der Waals surface area contributed by atoms with Crippen LogP contribution >= 0.6 is 11.8 Å². The minimum Gasteiger partial charge on any atom is -0.369 e. The van der Waals surface area contributed by atoms with Crippen molar-refractivity contribution in [1.29, 1.82) is 0 Å². The number of nitrogens with two attached hydrogens (primary N) is 1. The summed E-state index contributed by atoms with van der Waals surface area (Å²) in [5.41, 5.74) is 6.51. The fraction of sp³-hybridized carbons (Fsp3) is 0.176. The van der Waals surface area contributed by atoms with Crippen LogP contribution in [0.25, 0.3) is 0 Å². The van der Waals surface area contributed by atoms with E-state index in [-0.39, 0.29) is 17.5 Å². The van der Waals surface area contributed by atoms with Gasteiger partial charge in [0.1, 0.15) is 5.82 Å². The second kappa shape index (κ2) is 7.78. The van der Waals surface area contributed by atoms with E-state index in [1.807, 2.05) is 0 Å². The van der Waals surface area contributed by atoms with Crippen molar-refractivity contribution in [3.63, 3.8) is 0 Å². The van der Waals surface area contributed by atoms with Crippen LogP contribution in [0.5, 0.6) is 0 Å². The third kappa shape index (κ3) is 4.82. The maximum absolute atomic E-state index is 12.9. The van der Waals surface area contributed by atoms with Crippen molar-refractivity contribution in [2.45, 2.75) is 11.4 Å². The Morgan fingerprint density at radius 2 is 1.78 bits per heavy atom. The van der Waals surface area contributed by atoms with E-state index >= 15 is 0 Å². The molecule has 0 aliphatic heterocycles. The van der Waals surface area contributed by atoms with E-state index in [4.69, 9.17) is 5.73 Å². The van der Waals surface area contributed by atoms with E-state index in [9.17, 15) is 14.0 Å². The molecule has 0 saturated carbocycles. The summed E-state index contributed by atoms with van der Waals surface area (Å²) < 4.78 is 12.9. The van der Waals surface area contributed by atoms with Gasteiger partial charge in [-0.1, -0.05) is 24.3 Å². The van der Waals surface area contributed by atoms with Gasteiger partial charge in [0.05, 0.1) is 11.3 Å². The first-order valence-corrected chi connectivity index (χ1v) is 7.96. The second-order valence-electron chi connectivity index (χ2n) is 5.04. The molecule has 0 aliphatic rings. The summed E-state index contributed by atoms with van der Waals surface area (Å²) in [7, 11) is 1.68. The average Bonchev–Trinajstić information content (AvgIpc) is 2.54. The van der Waals surface area contributed by atoms with E-state index in [0.717, 1.165) is 5.56 Å². The Labute approximate surface area is 138 Å². The van der Waals surface area contributed by atoms with Crippen molar-refractivity contribution < 1.29 is 14.0 Å². The molecule has 0 heterocycles. The number of hydrogen-bond donors (Lipinski definition) is 1. The average molecular weight is 332 g/mol. The van der Waals surface area contributed by atoms with E-state index in [0.29, 0.717) is 17.0 Å². The number of rotatable bonds is 6. The maximum Gasteiger partial charge on any atom is 0.255 e. The Morgan fingerprint density at radius 1 is 1.13 bits per heavy atom. The van der Waals surface area contributed by atoms with Crippen LogP contribution in [0.2, 0.25) is 0 Å². The summed E-state index contributed by atoms with van der Waals surface area (Å²) in [5.74, 6) is -0.791. The number of halogens is 1. The minimum absolute atomic E-state index is 0.117. The Balaban J connectivity index is 2.12. The monoisotopic (exact) mass is 332 g/mol. The van der Waals surface area contributed by atoms with E-state index in [1.54, 1.807) is 48.3 Å². The Morgan fingerprint density at radius 3 is 2.43 bits per heavy atom. The fourth-order valence-corrected chi connectivity index (χ4v) is 2.84. The van der Waals surface area contributed by atoms with Crippen LogP contribution in [0, 0.1) is 5.82 Å². The molecule has 0 unspecified atom stereocenters. The van der Waals surface area contributed by atoms with E-state index in [2.05, 4.69) is 0 Å². The lowest BCUT2D eigenvalue weighted by Gasteiger charge is -2.19. The van der Waals surface area contributed by atoms with Gasteiger partial charge in [-0.05, 0) is 29.8 Å². The zero-order valence-electron chi connectivity index (χ0n) is 12.7. The van der Waals surface area contributed by atoms with Crippen LogP contribution in [0.1, 0.15) is 15.9 Å². The van der Waals surface area contributed by atoms with Crippen molar-refractivity contribution >= 4 is 23.6 Å². The summed E-state index contributed by atoms with van der Waals surface area (Å²) in [5, 5.41) is 0. The van der Waals surface area contributed by atoms with Gasteiger partial charge < -0.3 is 10.6 Å². The maximum atomic E-state index is 12.9. The SMILES string of the molecule is CN(Cc1ccc(F)cc1)C(=O)c1ccccc1SCC(N)=O. The second-order valence-corrected chi connectivity index (χ2v) is 6.06. The van der Waals surface area contributed by atoms with Crippen molar-refractivity contribution in [2.24, 2.45) is 5.73 Å². The Bertz CT molecular complexity index is 704. The first-order chi connectivity index (χ1) is 11.0. The molecule has 2 aromatic rings. The van der Waals surface area contributed by atoms with Gasteiger partial charge in [0, 0.05) is 18.5 Å². The normalized spacial score (nSPS) is 10.3. The molecule has 120 valence electrons. The molecule has 0 aromatic heterocycles. The van der Waals surface area contributed by atoms with Gasteiger partial charge in [0.15, 0.2) is 0 Å². The largest absolute Gasteiger partial charge is 0.369 e. The van der Waals surface area contributed by atoms with Crippen LogP contribution in [-0.2, 0) is 11.3 Å². The van der Waals surface area contributed by atoms with Gasteiger partial charge in [0.2, 0.25) is 5.91 Å². The zero-order valence-corrected chi connectivity index (χ0v) is 13.5. The number of amides is 2. The van der Waals surface area contributed by atoms with E-state index < -0.39 is 5.91 Å². The van der Waals surface area contributed by atoms with Crippen LogP contribution in [0.3, 0.4) is 0 Å². The third-order valence-corrected chi connectivity index (χ3v) is 4.26. The summed E-state index contributed by atoms with van der Waals surface area (Å²) in [6, 6.07) is 13.1. The van der Waals surface area contributed by atoms with Crippen LogP contribution in [0.4, 0.5) is 4.39 Å². The minimum atomic E-state index is -0.433. The molecule has 0 bridgehead atoms. The molecule has 2 amide bonds. The summed E-state index contributed by atoms with van der Waals surface area (Å²) >= 11 is 1.24. The highest BCUT2D eigenvalue weighted by atomic mass is 32.2. The number of benzene rings is 2. The first-order valence-electron chi connectivity index (χ1n) is 6.97. The smallest absolute Gasteiger partial charge is 0.255 e. The standard InChI is InChI=1S/C17H17FN2O2S/c1-20(10-12-6-8-13(18)9-7-12)17(22)14-4-2-3-5-15(14)23-11-16(19)21/h2-9H,10-11H2,1H3,(H2,19,21). The quantitative estimate of drug-likeness (QED) is 0.827. The van der Waals surface area contributed by atoms with Gasteiger partial charge in [-0.25, -0.2) is 4.39 Å². The summed E-state index contributed by atoms with van der Waals surface area (Å²) in [6.07, 6.45) is 0. The van der Waals surface area contributed by atoms with Gasteiger partial charge in [-0.15, -0.1) is 11.8 Å². The highest BCUT2D eigenvalue weighted by molar-refractivity contribution is 8.00. The zero-order chi connectivity index (χ0) is 16.8. The number of hydrogen-bond acceptors (Lipinski definition) is 3. The highest BCUT2D eigenvalue weighted by Crippen LogP contribution is 2.23. The number of nitrogens with zero attached hydrogens (tertiary/aromatic N) is 1. The van der Waals surface area contributed by atoms with E-state index in [1.165, 1.54) is 23.9 Å². The molecule has 2 aromatic carbocycles. The van der Waals surface area contributed by atoms with Crippen molar-refractivity contribution in [3.8, 4) is 0 Å².